The van der Waals surface area contributed by atoms with E-state index in [4.69, 9.17) is 5.73 Å². The van der Waals surface area contributed by atoms with Crippen molar-refractivity contribution in [2.75, 3.05) is 11.1 Å². The number of carbonyl (C=O) groups is 1. The Bertz CT molecular complexity index is 621. The second-order valence-corrected chi connectivity index (χ2v) is 5.13. The molecule has 0 radical (unpaired) electrons. The molecule has 1 aromatic heterocycles. The van der Waals surface area contributed by atoms with Crippen LogP contribution >= 0.6 is 15.9 Å². The van der Waals surface area contributed by atoms with Crippen molar-refractivity contribution in [1.82, 2.24) is 9.78 Å². The summed E-state index contributed by atoms with van der Waals surface area (Å²) in [7, 11) is 1.73. The van der Waals surface area contributed by atoms with Crippen LogP contribution in [0.4, 0.5) is 11.4 Å². The second-order valence-electron chi connectivity index (χ2n) is 4.22. The van der Waals surface area contributed by atoms with E-state index in [1.165, 1.54) is 4.68 Å². The Hall–Kier alpha value is -1.82. The molecular formula is C13H15BrN4O. The molecule has 0 saturated carbocycles. The molecule has 0 unspecified atom stereocenters. The van der Waals surface area contributed by atoms with Gasteiger partial charge >= 0.3 is 0 Å². The minimum Gasteiger partial charge on any atom is -0.396 e. The van der Waals surface area contributed by atoms with Gasteiger partial charge in [-0.3, -0.25) is 9.48 Å². The molecule has 0 atom stereocenters. The molecule has 2 rings (SSSR count). The topological polar surface area (TPSA) is 72.9 Å². The maximum atomic E-state index is 12.1. The number of rotatable bonds is 3. The first-order chi connectivity index (χ1) is 9.01. The van der Waals surface area contributed by atoms with E-state index in [1.54, 1.807) is 13.2 Å². The fraction of sp³-hybridized carbons (Fsp3) is 0.231. The van der Waals surface area contributed by atoms with E-state index in [9.17, 15) is 4.79 Å². The smallest absolute Gasteiger partial charge is 0.278 e. The summed E-state index contributed by atoms with van der Waals surface area (Å²) in [6, 6.07) is 5.73. The highest BCUT2D eigenvalue weighted by Crippen LogP contribution is 2.22. The number of nitrogens with zero attached hydrogens (tertiary/aromatic N) is 2. The van der Waals surface area contributed by atoms with E-state index < -0.39 is 0 Å². The Kier molecular flexibility index (Phi) is 3.90. The molecule has 1 aromatic carbocycles. The predicted octanol–water partition coefficient (Wildman–Crippen LogP) is 2.58. The van der Waals surface area contributed by atoms with Crippen LogP contribution in [0.5, 0.6) is 0 Å². The van der Waals surface area contributed by atoms with Crippen LogP contribution in [-0.2, 0) is 13.5 Å². The second kappa shape index (κ2) is 5.44. The molecule has 1 heterocycles. The SMILES string of the molecule is CCc1cc(Br)ccc1NC(=O)c1nn(C)cc1N. The fourth-order valence-electron chi connectivity index (χ4n) is 1.84. The molecule has 0 aliphatic rings. The number of aryl methyl sites for hydroxylation is 2. The van der Waals surface area contributed by atoms with Crippen LogP contribution in [0.1, 0.15) is 23.0 Å². The average molecular weight is 323 g/mol. The van der Waals surface area contributed by atoms with Gasteiger partial charge in [-0.25, -0.2) is 0 Å². The van der Waals surface area contributed by atoms with E-state index in [0.29, 0.717) is 5.69 Å². The number of anilines is 2. The number of benzene rings is 1. The van der Waals surface area contributed by atoms with Crippen molar-refractivity contribution in [3.63, 3.8) is 0 Å². The third-order valence-electron chi connectivity index (χ3n) is 2.77. The fourth-order valence-corrected chi connectivity index (χ4v) is 2.25. The maximum absolute atomic E-state index is 12.1. The van der Waals surface area contributed by atoms with E-state index in [2.05, 4.69) is 26.3 Å². The van der Waals surface area contributed by atoms with Crippen LogP contribution in [0, 0.1) is 0 Å². The number of aromatic nitrogens is 2. The Morgan fingerprint density at radius 1 is 1.53 bits per heavy atom. The number of nitrogens with two attached hydrogens (primary N) is 1. The van der Waals surface area contributed by atoms with Gasteiger partial charge in [0.1, 0.15) is 0 Å². The summed E-state index contributed by atoms with van der Waals surface area (Å²) in [6.45, 7) is 2.03. The van der Waals surface area contributed by atoms with E-state index in [1.807, 2.05) is 25.1 Å². The van der Waals surface area contributed by atoms with Crippen LogP contribution in [-0.4, -0.2) is 15.7 Å². The van der Waals surface area contributed by atoms with Crippen LogP contribution in [0.2, 0.25) is 0 Å². The zero-order valence-electron chi connectivity index (χ0n) is 10.8. The normalized spacial score (nSPS) is 10.5. The number of nitrogens with one attached hydrogen (secondary N) is 1. The largest absolute Gasteiger partial charge is 0.396 e. The van der Waals surface area contributed by atoms with Gasteiger partial charge < -0.3 is 11.1 Å². The highest BCUT2D eigenvalue weighted by Gasteiger charge is 2.15. The summed E-state index contributed by atoms with van der Waals surface area (Å²) in [5.74, 6) is -0.296. The van der Waals surface area contributed by atoms with Gasteiger partial charge in [0.05, 0.1) is 5.69 Å². The summed E-state index contributed by atoms with van der Waals surface area (Å²) < 4.78 is 2.51. The molecule has 6 heteroatoms. The molecule has 1 amide bonds. The quantitative estimate of drug-likeness (QED) is 0.912. The minimum atomic E-state index is -0.296. The number of halogens is 1. The van der Waals surface area contributed by atoms with Gasteiger partial charge in [0, 0.05) is 23.4 Å². The zero-order chi connectivity index (χ0) is 14.0. The maximum Gasteiger partial charge on any atom is 0.278 e. The van der Waals surface area contributed by atoms with Crippen LogP contribution in [0.3, 0.4) is 0 Å². The molecule has 100 valence electrons. The van der Waals surface area contributed by atoms with E-state index >= 15 is 0 Å². The first-order valence-corrected chi connectivity index (χ1v) is 6.69. The van der Waals surface area contributed by atoms with Gasteiger partial charge in [0.15, 0.2) is 5.69 Å². The molecule has 2 aromatic rings. The van der Waals surface area contributed by atoms with Crippen molar-refractivity contribution in [3.05, 3.63) is 40.1 Å². The van der Waals surface area contributed by atoms with Crippen LogP contribution in [0.25, 0.3) is 0 Å². The predicted molar refractivity (Wildman–Crippen MR) is 79.1 cm³/mol. The number of amides is 1. The molecule has 0 bridgehead atoms. The number of hydrogen-bond acceptors (Lipinski definition) is 3. The van der Waals surface area contributed by atoms with Crippen molar-refractivity contribution in [1.29, 1.82) is 0 Å². The van der Waals surface area contributed by atoms with Crippen molar-refractivity contribution >= 4 is 33.2 Å². The first-order valence-electron chi connectivity index (χ1n) is 5.90. The van der Waals surface area contributed by atoms with Gasteiger partial charge in [-0.05, 0) is 30.2 Å². The van der Waals surface area contributed by atoms with Gasteiger partial charge in [0.25, 0.3) is 5.91 Å². The molecule has 0 fully saturated rings. The van der Waals surface area contributed by atoms with Gasteiger partial charge in [-0.2, -0.15) is 5.10 Å². The summed E-state index contributed by atoms with van der Waals surface area (Å²) in [5, 5.41) is 6.89. The van der Waals surface area contributed by atoms with Crippen LogP contribution < -0.4 is 11.1 Å². The highest BCUT2D eigenvalue weighted by atomic mass is 79.9. The van der Waals surface area contributed by atoms with Crippen molar-refractivity contribution in [3.8, 4) is 0 Å². The molecule has 0 aliphatic carbocycles. The molecule has 0 aliphatic heterocycles. The van der Waals surface area contributed by atoms with Crippen molar-refractivity contribution in [2.45, 2.75) is 13.3 Å². The third-order valence-corrected chi connectivity index (χ3v) is 3.26. The van der Waals surface area contributed by atoms with Crippen molar-refractivity contribution in [2.24, 2.45) is 7.05 Å². The molecule has 19 heavy (non-hydrogen) atoms. The average Bonchev–Trinajstić information content (AvgIpc) is 2.70. The Morgan fingerprint density at radius 3 is 2.84 bits per heavy atom. The molecule has 3 N–H and O–H groups in total. The molecule has 0 saturated heterocycles. The number of nitrogen functional groups attached to an aromatic ring is 1. The minimum absolute atomic E-state index is 0.243. The number of carbonyl (C=O) groups excluding carboxylic acids is 1. The summed E-state index contributed by atoms with van der Waals surface area (Å²) in [5.41, 5.74) is 8.18. The lowest BCUT2D eigenvalue weighted by atomic mass is 10.1. The summed E-state index contributed by atoms with van der Waals surface area (Å²) in [6.07, 6.45) is 2.43. The Morgan fingerprint density at radius 2 is 2.26 bits per heavy atom. The lowest BCUT2D eigenvalue weighted by Crippen LogP contribution is -2.15. The Labute approximate surface area is 119 Å². The monoisotopic (exact) mass is 322 g/mol. The summed E-state index contributed by atoms with van der Waals surface area (Å²) >= 11 is 3.41. The standard InChI is InChI=1S/C13H15BrN4O/c1-3-8-6-9(14)4-5-11(8)16-13(19)12-10(15)7-18(2)17-12/h4-7H,3,15H2,1-2H3,(H,16,19). The molecular weight excluding hydrogens is 308 g/mol. The van der Waals surface area contributed by atoms with Crippen LogP contribution in [0.15, 0.2) is 28.9 Å². The Balaban J connectivity index is 2.26. The molecule has 5 nitrogen and oxygen atoms in total. The van der Waals surface area contributed by atoms with Crippen molar-refractivity contribution < 1.29 is 4.79 Å². The third kappa shape index (κ3) is 2.96. The van der Waals surface area contributed by atoms with Gasteiger partial charge in [-0.1, -0.05) is 22.9 Å². The molecule has 0 spiro atoms. The van der Waals surface area contributed by atoms with Gasteiger partial charge in [0.2, 0.25) is 0 Å². The zero-order valence-corrected chi connectivity index (χ0v) is 12.4. The highest BCUT2D eigenvalue weighted by molar-refractivity contribution is 9.10. The van der Waals surface area contributed by atoms with E-state index in [-0.39, 0.29) is 11.6 Å². The number of hydrogen-bond donors (Lipinski definition) is 2. The first kappa shape index (κ1) is 13.6. The summed E-state index contributed by atoms with van der Waals surface area (Å²) in [4.78, 5) is 12.1. The van der Waals surface area contributed by atoms with E-state index in [0.717, 1.165) is 22.1 Å². The lowest BCUT2D eigenvalue weighted by Gasteiger charge is -2.09. The van der Waals surface area contributed by atoms with Gasteiger partial charge in [-0.15, -0.1) is 0 Å². The lowest BCUT2D eigenvalue weighted by molar-refractivity contribution is 0.102.